The van der Waals surface area contributed by atoms with E-state index in [4.69, 9.17) is 0 Å². The first-order valence-corrected chi connectivity index (χ1v) is 10.0. The van der Waals surface area contributed by atoms with Crippen LogP contribution in [0.25, 0.3) is 0 Å². The van der Waals surface area contributed by atoms with Gasteiger partial charge in [-0.15, -0.1) is 10.2 Å². The van der Waals surface area contributed by atoms with E-state index in [1.54, 1.807) is 11.8 Å². The molecule has 1 aromatic carbocycles. The molecule has 1 saturated heterocycles. The number of carbonyl (C=O) groups is 2. The average molecular weight is 394 g/mol. The normalized spacial score (nSPS) is 18.2. The molecule has 26 heavy (non-hydrogen) atoms. The van der Waals surface area contributed by atoms with Crippen LogP contribution < -0.4 is 10.2 Å². The molecule has 1 aromatic heterocycles. The maximum Gasteiger partial charge on any atom is 0.231 e. The number of nitrogens with zero attached hydrogens (tertiary/aromatic N) is 3. The number of anilines is 2. The molecule has 1 N–H and O–H groups in total. The van der Waals surface area contributed by atoms with Crippen LogP contribution in [0.15, 0.2) is 28.6 Å². The Morgan fingerprint density at radius 1 is 1.42 bits per heavy atom. The third kappa shape index (κ3) is 4.39. The number of rotatable bonds is 6. The molecule has 3 rings (SSSR count). The monoisotopic (exact) mass is 394 g/mol. The summed E-state index contributed by atoms with van der Waals surface area (Å²) in [5.41, 5.74) is 0.592. The molecule has 6 nitrogen and oxygen atoms in total. The molecule has 0 spiro atoms. The highest BCUT2D eigenvalue weighted by atomic mass is 32.2. The maximum atomic E-state index is 13.0. The van der Waals surface area contributed by atoms with E-state index in [-0.39, 0.29) is 30.6 Å². The van der Waals surface area contributed by atoms with E-state index in [0.29, 0.717) is 16.1 Å². The van der Waals surface area contributed by atoms with Gasteiger partial charge in [0.1, 0.15) is 5.82 Å². The number of nitrogens with one attached hydrogen (secondary N) is 1. The number of benzene rings is 1. The summed E-state index contributed by atoms with van der Waals surface area (Å²) in [5, 5.41) is 11.7. The van der Waals surface area contributed by atoms with Crippen molar-refractivity contribution in [2.45, 2.75) is 36.3 Å². The molecule has 1 aliphatic rings. The van der Waals surface area contributed by atoms with Gasteiger partial charge >= 0.3 is 0 Å². The summed E-state index contributed by atoms with van der Waals surface area (Å²) in [4.78, 5) is 26.2. The van der Waals surface area contributed by atoms with Gasteiger partial charge in [-0.3, -0.25) is 9.59 Å². The Morgan fingerprint density at radius 2 is 2.15 bits per heavy atom. The summed E-state index contributed by atoms with van der Waals surface area (Å²) in [6.07, 6.45) is 1.14. The lowest BCUT2D eigenvalue weighted by molar-refractivity contribution is -0.122. The maximum absolute atomic E-state index is 13.0. The molecule has 2 heterocycles. The molecule has 1 fully saturated rings. The molecule has 0 unspecified atom stereocenters. The van der Waals surface area contributed by atoms with Crippen LogP contribution in [-0.2, 0) is 9.59 Å². The molecular formula is C17H19FN4O2S2. The van der Waals surface area contributed by atoms with Gasteiger partial charge in [0.2, 0.25) is 16.9 Å². The number of carbonyl (C=O) groups excluding carboxylic acids is 2. The third-order valence-electron chi connectivity index (χ3n) is 4.15. The van der Waals surface area contributed by atoms with Gasteiger partial charge in [0, 0.05) is 23.9 Å². The number of halogens is 1. The lowest BCUT2D eigenvalue weighted by atomic mass is 10.1. The summed E-state index contributed by atoms with van der Waals surface area (Å²) in [6.45, 7) is 4.48. The van der Waals surface area contributed by atoms with Crippen LogP contribution >= 0.6 is 23.1 Å². The van der Waals surface area contributed by atoms with Gasteiger partial charge in [-0.2, -0.15) is 0 Å². The highest BCUT2D eigenvalue weighted by Gasteiger charge is 2.35. The zero-order chi connectivity index (χ0) is 18.7. The van der Waals surface area contributed by atoms with Crippen molar-refractivity contribution in [3.63, 3.8) is 0 Å². The van der Waals surface area contributed by atoms with E-state index >= 15 is 0 Å². The van der Waals surface area contributed by atoms with Crippen LogP contribution in [0.5, 0.6) is 0 Å². The van der Waals surface area contributed by atoms with Crippen molar-refractivity contribution in [1.29, 1.82) is 0 Å². The molecule has 9 heteroatoms. The number of aromatic nitrogens is 2. The average Bonchev–Trinajstić information content (AvgIpc) is 3.22. The van der Waals surface area contributed by atoms with E-state index in [1.807, 2.05) is 0 Å². The zero-order valence-corrected chi connectivity index (χ0v) is 16.1. The van der Waals surface area contributed by atoms with Gasteiger partial charge in [-0.25, -0.2) is 4.39 Å². The summed E-state index contributed by atoms with van der Waals surface area (Å²) in [7, 11) is 0. The smallest absolute Gasteiger partial charge is 0.231 e. The Bertz CT molecular complexity index is 796. The topological polar surface area (TPSA) is 75.2 Å². The molecular weight excluding hydrogens is 375 g/mol. The minimum Gasteiger partial charge on any atom is -0.312 e. The number of thioether (sulfide) groups is 1. The fourth-order valence-electron chi connectivity index (χ4n) is 2.52. The molecule has 0 saturated carbocycles. The molecule has 2 atom stereocenters. The Labute approximate surface area is 159 Å². The third-order valence-corrected chi connectivity index (χ3v) is 6.34. The highest BCUT2D eigenvalue weighted by Crippen LogP contribution is 2.31. The fraction of sp³-hybridized carbons (Fsp3) is 0.412. The van der Waals surface area contributed by atoms with Crippen molar-refractivity contribution in [3.05, 3.63) is 30.1 Å². The van der Waals surface area contributed by atoms with Gasteiger partial charge in [0.15, 0.2) is 4.34 Å². The van der Waals surface area contributed by atoms with Crippen LogP contribution in [0.1, 0.15) is 26.7 Å². The fourth-order valence-corrected chi connectivity index (χ4v) is 4.53. The first-order valence-electron chi connectivity index (χ1n) is 8.33. The van der Waals surface area contributed by atoms with Crippen molar-refractivity contribution in [1.82, 2.24) is 10.2 Å². The van der Waals surface area contributed by atoms with Crippen molar-refractivity contribution in [3.8, 4) is 0 Å². The van der Waals surface area contributed by atoms with E-state index in [2.05, 4.69) is 29.4 Å². The summed E-state index contributed by atoms with van der Waals surface area (Å²) in [5.74, 6) is -1.24. The number of hydrogen-bond acceptors (Lipinski definition) is 6. The second kappa shape index (κ2) is 8.13. The van der Waals surface area contributed by atoms with Gasteiger partial charge in [-0.1, -0.05) is 36.9 Å². The minimum atomic E-state index is -0.470. The Morgan fingerprint density at radius 3 is 2.85 bits per heavy atom. The van der Waals surface area contributed by atoms with Gasteiger partial charge in [0.05, 0.1) is 5.92 Å². The van der Waals surface area contributed by atoms with Crippen molar-refractivity contribution in [2.24, 2.45) is 5.92 Å². The molecule has 138 valence electrons. The summed E-state index contributed by atoms with van der Waals surface area (Å²) < 4.78 is 13.9. The van der Waals surface area contributed by atoms with Crippen LogP contribution in [-0.4, -0.2) is 33.8 Å². The molecule has 2 amide bonds. The molecule has 0 aliphatic carbocycles. The highest BCUT2D eigenvalue weighted by molar-refractivity contribution is 8.01. The van der Waals surface area contributed by atoms with Crippen molar-refractivity contribution in [2.75, 3.05) is 16.8 Å². The van der Waals surface area contributed by atoms with Crippen molar-refractivity contribution < 1.29 is 14.0 Å². The first kappa shape index (κ1) is 18.8. The molecule has 0 bridgehead atoms. The van der Waals surface area contributed by atoms with Crippen LogP contribution in [0.3, 0.4) is 0 Å². The minimum absolute atomic E-state index is 0.122. The Kier molecular flexibility index (Phi) is 5.87. The zero-order valence-electron chi connectivity index (χ0n) is 14.4. The quantitative estimate of drug-likeness (QED) is 0.599. The Hall–Kier alpha value is -2.00. The van der Waals surface area contributed by atoms with Gasteiger partial charge in [0.25, 0.3) is 0 Å². The lowest BCUT2D eigenvalue weighted by Crippen LogP contribution is -2.28. The molecule has 1 aliphatic heterocycles. The second-order valence-electron chi connectivity index (χ2n) is 6.08. The summed E-state index contributed by atoms with van der Waals surface area (Å²) in [6, 6.07) is 5.68. The SMILES string of the molecule is CC[C@H](C)Sc1nnc(NC(=O)[C@H]2CC(=O)N(c3ccc(F)cc3)C2)s1. The largest absolute Gasteiger partial charge is 0.312 e. The first-order chi connectivity index (χ1) is 12.5. The standard InChI is InChI=1S/C17H19FN4O2S2/c1-3-10(2)25-17-21-20-16(26-17)19-15(24)11-8-14(23)22(9-11)13-6-4-12(18)5-7-13/h4-7,10-11H,3,8-9H2,1-2H3,(H,19,20,24)/t10-,11-/m0/s1. The van der Waals surface area contributed by atoms with Crippen LogP contribution in [0.4, 0.5) is 15.2 Å². The van der Waals surface area contributed by atoms with E-state index in [9.17, 15) is 14.0 Å². The van der Waals surface area contributed by atoms with E-state index < -0.39 is 5.92 Å². The number of amides is 2. The van der Waals surface area contributed by atoms with Gasteiger partial charge < -0.3 is 10.2 Å². The number of hydrogen-bond donors (Lipinski definition) is 1. The second-order valence-corrected chi connectivity index (χ2v) is 8.74. The van der Waals surface area contributed by atoms with E-state index in [0.717, 1.165) is 10.8 Å². The lowest BCUT2D eigenvalue weighted by Gasteiger charge is -2.16. The Balaban J connectivity index is 1.60. The molecule has 0 radical (unpaired) electrons. The van der Waals surface area contributed by atoms with Crippen molar-refractivity contribution >= 4 is 45.7 Å². The van der Waals surface area contributed by atoms with Gasteiger partial charge in [-0.05, 0) is 30.7 Å². The predicted molar refractivity (Wildman–Crippen MR) is 101 cm³/mol. The molecule has 2 aromatic rings. The van der Waals surface area contributed by atoms with Crippen LogP contribution in [0, 0.1) is 11.7 Å². The van der Waals surface area contributed by atoms with E-state index in [1.165, 1.54) is 40.5 Å². The summed E-state index contributed by atoms with van der Waals surface area (Å²) >= 11 is 2.96. The van der Waals surface area contributed by atoms with Crippen LogP contribution in [0.2, 0.25) is 0 Å². The predicted octanol–water partition coefficient (Wildman–Crippen LogP) is 3.56.